The molecule has 2 aliphatic rings. The molecule has 0 saturated carbocycles. The van der Waals surface area contributed by atoms with Crippen LogP contribution in [0.25, 0.3) is 0 Å². The molecule has 16 heavy (non-hydrogen) atoms. The number of fused-ring (bicyclic) bond motifs is 1. The Balaban J connectivity index is 2.34. The average molecular weight is 217 g/mol. The van der Waals surface area contributed by atoms with E-state index in [4.69, 9.17) is 0 Å². The van der Waals surface area contributed by atoms with E-state index in [0.29, 0.717) is 5.92 Å². The summed E-state index contributed by atoms with van der Waals surface area (Å²) in [5.41, 5.74) is 3.70. The lowest BCUT2D eigenvalue weighted by atomic mass is 9.76. The highest BCUT2D eigenvalue weighted by atomic mass is 16.2. The molecule has 2 atom stereocenters. The molecule has 1 amide bonds. The number of hydrogen-bond donors (Lipinski definition) is 0. The molecule has 0 radical (unpaired) electrons. The summed E-state index contributed by atoms with van der Waals surface area (Å²) >= 11 is 0. The second-order valence-corrected chi connectivity index (χ2v) is 4.70. The summed E-state index contributed by atoms with van der Waals surface area (Å²) in [6.45, 7) is 10.1. The molecule has 1 aliphatic heterocycles. The molecule has 2 rings (SSSR count). The first-order chi connectivity index (χ1) is 7.60. The van der Waals surface area contributed by atoms with Crippen LogP contribution in [0.5, 0.6) is 0 Å². The van der Waals surface area contributed by atoms with Gasteiger partial charge in [0.1, 0.15) is 0 Å². The van der Waals surface area contributed by atoms with Crippen LogP contribution in [0.15, 0.2) is 36.1 Å². The fraction of sp³-hybridized carbons (Fsp3) is 0.500. The Morgan fingerprint density at radius 2 is 2.12 bits per heavy atom. The van der Waals surface area contributed by atoms with Crippen LogP contribution in [0.4, 0.5) is 0 Å². The molecule has 2 nitrogen and oxygen atoms in total. The van der Waals surface area contributed by atoms with Crippen molar-refractivity contribution in [3.63, 3.8) is 0 Å². The van der Waals surface area contributed by atoms with Gasteiger partial charge in [-0.1, -0.05) is 31.7 Å². The van der Waals surface area contributed by atoms with Crippen LogP contribution in [-0.2, 0) is 4.79 Å². The topological polar surface area (TPSA) is 20.3 Å². The highest BCUT2D eigenvalue weighted by Gasteiger charge is 2.44. The van der Waals surface area contributed by atoms with E-state index in [2.05, 4.69) is 20.1 Å². The summed E-state index contributed by atoms with van der Waals surface area (Å²) < 4.78 is 0. The monoisotopic (exact) mass is 217 g/mol. The summed E-state index contributed by atoms with van der Waals surface area (Å²) in [5, 5.41) is 0. The minimum Gasteiger partial charge on any atom is -0.319 e. The summed E-state index contributed by atoms with van der Waals surface area (Å²) in [5.74, 6) is 0.681. The number of likely N-dealkylation sites (tertiary alicyclic amines) is 1. The van der Waals surface area contributed by atoms with Gasteiger partial charge in [-0.15, -0.1) is 0 Å². The summed E-state index contributed by atoms with van der Waals surface area (Å²) in [4.78, 5) is 13.8. The molecule has 0 spiro atoms. The quantitative estimate of drug-likeness (QED) is 0.696. The van der Waals surface area contributed by atoms with Crippen LogP contribution in [0.1, 0.15) is 26.2 Å². The van der Waals surface area contributed by atoms with Gasteiger partial charge >= 0.3 is 0 Å². The smallest absolute Gasteiger partial charge is 0.230 e. The molecule has 0 N–H and O–H groups in total. The first kappa shape index (κ1) is 11.2. The maximum absolute atomic E-state index is 12.0. The van der Waals surface area contributed by atoms with Crippen LogP contribution >= 0.6 is 0 Å². The SMILES string of the molecule is C=CC1=C(CC)CC2C(=O)N(C)C(=C)C2C1. The minimum atomic E-state index is 0.135. The van der Waals surface area contributed by atoms with Gasteiger partial charge in [0.15, 0.2) is 0 Å². The predicted octanol–water partition coefficient (Wildman–Crippen LogP) is 2.89. The van der Waals surface area contributed by atoms with Crippen molar-refractivity contribution in [1.82, 2.24) is 4.90 Å². The molecule has 2 unspecified atom stereocenters. The van der Waals surface area contributed by atoms with Crippen LogP contribution < -0.4 is 0 Å². The van der Waals surface area contributed by atoms with Crippen LogP contribution in [0.3, 0.4) is 0 Å². The van der Waals surface area contributed by atoms with Crippen molar-refractivity contribution in [3.05, 3.63) is 36.1 Å². The van der Waals surface area contributed by atoms with Gasteiger partial charge in [-0.2, -0.15) is 0 Å². The average Bonchev–Trinajstić information content (AvgIpc) is 2.52. The van der Waals surface area contributed by atoms with E-state index in [0.717, 1.165) is 25.0 Å². The third-order valence-corrected chi connectivity index (χ3v) is 4.03. The molecule has 0 aromatic rings. The van der Waals surface area contributed by atoms with Gasteiger partial charge in [0, 0.05) is 18.7 Å². The molecular weight excluding hydrogens is 198 g/mol. The highest BCUT2D eigenvalue weighted by Crippen LogP contribution is 2.45. The van der Waals surface area contributed by atoms with Gasteiger partial charge in [0.2, 0.25) is 5.91 Å². The number of allylic oxidation sites excluding steroid dienone is 4. The Kier molecular flexibility index (Phi) is 2.75. The van der Waals surface area contributed by atoms with Gasteiger partial charge in [0.05, 0.1) is 5.92 Å². The first-order valence-corrected chi connectivity index (χ1v) is 5.89. The second-order valence-electron chi connectivity index (χ2n) is 4.70. The van der Waals surface area contributed by atoms with Gasteiger partial charge < -0.3 is 4.90 Å². The van der Waals surface area contributed by atoms with Gasteiger partial charge in [-0.05, 0) is 24.8 Å². The summed E-state index contributed by atoms with van der Waals surface area (Å²) in [6.07, 6.45) is 4.80. The van der Waals surface area contributed by atoms with Crippen LogP contribution in [0.2, 0.25) is 0 Å². The Hall–Kier alpha value is -1.31. The summed E-state index contributed by atoms with van der Waals surface area (Å²) in [6, 6.07) is 0. The molecule has 2 heteroatoms. The fourth-order valence-electron chi connectivity index (χ4n) is 2.91. The first-order valence-electron chi connectivity index (χ1n) is 5.89. The molecule has 86 valence electrons. The largest absolute Gasteiger partial charge is 0.319 e. The number of hydrogen-bond acceptors (Lipinski definition) is 1. The van der Waals surface area contributed by atoms with E-state index in [-0.39, 0.29) is 11.8 Å². The zero-order valence-electron chi connectivity index (χ0n) is 10.1. The zero-order chi connectivity index (χ0) is 11.9. The van der Waals surface area contributed by atoms with E-state index in [1.54, 1.807) is 4.90 Å². The zero-order valence-corrected chi connectivity index (χ0v) is 10.1. The van der Waals surface area contributed by atoms with Crippen molar-refractivity contribution in [2.24, 2.45) is 11.8 Å². The van der Waals surface area contributed by atoms with Gasteiger partial charge in [0.25, 0.3) is 0 Å². The van der Waals surface area contributed by atoms with Crippen molar-refractivity contribution < 1.29 is 4.79 Å². The third-order valence-electron chi connectivity index (χ3n) is 4.03. The molecule has 0 aromatic carbocycles. The Bertz CT molecular complexity index is 392. The number of carbonyl (C=O) groups is 1. The molecule has 1 saturated heterocycles. The van der Waals surface area contributed by atoms with Gasteiger partial charge in [-0.3, -0.25) is 4.79 Å². The normalized spacial score (nSPS) is 29.8. The van der Waals surface area contributed by atoms with Crippen LogP contribution in [0, 0.1) is 11.8 Å². The van der Waals surface area contributed by atoms with Crippen molar-refractivity contribution in [1.29, 1.82) is 0 Å². The molecule has 0 aromatic heterocycles. The van der Waals surface area contributed by atoms with Crippen molar-refractivity contribution >= 4 is 5.91 Å². The Morgan fingerprint density at radius 1 is 1.44 bits per heavy atom. The third kappa shape index (κ3) is 1.44. The molecular formula is C14H19NO. The number of amides is 1. The van der Waals surface area contributed by atoms with E-state index < -0.39 is 0 Å². The maximum Gasteiger partial charge on any atom is 0.230 e. The number of carbonyl (C=O) groups excluding carboxylic acids is 1. The standard InChI is InChI=1S/C14H19NO/c1-5-10-7-12-9(3)15(4)14(16)13(12)8-11(10)6-2/h5,12-13H,1,3,6-8H2,2,4H3. The number of nitrogens with zero attached hydrogens (tertiary/aromatic N) is 1. The predicted molar refractivity (Wildman–Crippen MR) is 65.6 cm³/mol. The van der Waals surface area contributed by atoms with Crippen LogP contribution in [-0.4, -0.2) is 17.9 Å². The Morgan fingerprint density at radius 3 is 2.69 bits per heavy atom. The van der Waals surface area contributed by atoms with Crippen molar-refractivity contribution in [2.75, 3.05) is 7.05 Å². The molecule has 1 aliphatic carbocycles. The van der Waals surface area contributed by atoms with E-state index in [1.165, 1.54) is 11.1 Å². The fourth-order valence-corrected chi connectivity index (χ4v) is 2.91. The molecule has 0 bridgehead atoms. The lowest BCUT2D eigenvalue weighted by molar-refractivity contribution is -0.129. The van der Waals surface area contributed by atoms with Crippen molar-refractivity contribution in [2.45, 2.75) is 26.2 Å². The van der Waals surface area contributed by atoms with Gasteiger partial charge in [-0.25, -0.2) is 0 Å². The lowest BCUT2D eigenvalue weighted by Crippen LogP contribution is -2.24. The molecule has 1 heterocycles. The number of rotatable bonds is 2. The Labute approximate surface area is 97.3 Å². The minimum absolute atomic E-state index is 0.135. The van der Waals surface area contributed by atoms with E-state index >= 15 is 0 Å². The van der Waals surface area contributed by atoms with E-state index in [9.17, 15) is 4.79 Å². The second kappa shape index (κ2) is 3.93. The maximum atomic E-state index is 12.0. The van der Waals surface area contributed by atoms with Crippen molar-refractivity contribution in [3.8, 4) is 0 Å². The summed E-state index contributed by atoms with van der Waals surface area (Å²) in [7, 11) is 1.84. The highest BCUT2D eigenvalue weighted by molar-refractivity contribution is 5.85. The van der Waals surface area contributed by atoms with E-state index in [1.807, 2.05) is 13.1 Å². The lowest BCUT2D eigenvalue weighted by Gasteiger charge is -2.26. The molecule has 1 fully saturated rings.